The highest BCUT2D eigenvalue weighted by Gasteiger charge is 2.19. The lowest BCUT2D eigenvalue weighted by Gasteiger charge is -2.11. The Labute approximate surface area is 206 Å². The molecule has 0 atom stereocenters. The van der Waals surface area contributed by atoms with E-state index in [0.717, 1.165) is 11.1 Å². The number of hydrogen-bond donors (Lipinski definition) is 1. The van der Waals surface area contributed by atoms with Crippen LogP contribution in [0.25, 0.3) is 33.9 Å². The number of nitrogens with two attached hydrogens (primary N) is 1. The number of nitrogens with zero attached hydrogens (tertiary/aromatic N) is 4. The standard InChI is InChI=1S/C24H17Cl2N5O2S/c25-19-14-30(28-23(19)16-7-3-1-4-8-16)21-12-11-18(34(27,32)33)13-22(21)31-15-20(26)24(29-31)17-9-5-2-6-10-17/h1-15H,(H2,27,32,33). The van der Waals surface area contributed by atoms with Gasteiger partial charge in [-0.2, -0.15) is 10.2 Å². The fourth-order valence-electron chi connectivity index (χ4n) is 3.59. The first-order valence-electron chi connectivity index (χ1n) is 10.1. The molecule has 0 saturated heterocycles. The number of aromatic nitrogens is 4. The van der Waals surface area contributed by atoms with Crippen LogP contribution in [0.2, 0.25) is 10.0 Å². The molecule has 0 aliphatic rings. The van der Waals surface area contributed by atoms with E-state index in [0.29, 0.717) is 32.8 Å². The highest BCUT2D eigenvalue weighted by molar-refractivity contribution is 7.89. The summed E-state index contributed by atoms with van der Waals surface area (Å²) in [5.74, 6) is 0. The van der Waals surface area contributed by atoms with Crippen LogP contribution in [-0.4, -0.2) is 28.0 Å². The van der Waals surface area contributed by atoms with Gasteiger partial charge in [-0.25, -0.2) is 22.9 Å². The van der Waals surface area contributed by atoms with Crippen molar-refractivity contribution in [3.05, 3.63) is 101 Å². The molecule has 7 nitrogen and oxygen atoms in total. The van der Waals surface area contributed by atoms with Gasteiger partial charge in [-0.15, -0.1) is 0 Å². The minimum Gasteiger partial charge on any atom is -0.237 e. The topological polar surface area (TPSA) is 95.8 Å². The lowest BCUT2D eigenvalue weighted by atomic mass is 10.2. The summed E-state index contributed by atoms with van der Waals surface area (Å²) in [7, 11) is -3.96. The number of primary sulfonamides is 1. The molecule has 10 heteroatoms. The van der Waals surface area contributed by atoms with Crippen LogP contribution in [-0.2, 0) is 10.0 Å². The van der Waals surface area contributed by atoms with Gasteiger partial charge < -0.3 is 0 Å². The van der Waals surface area contributed by atoms with E-state index in [-0.39, 0.29) is 4.90 Å². The van der Waals surface area contributed by atoms with Crippen molar-refractivity contribution in [2.45, 2.75) is 4.90 Å². The van der Waals surface area contributed by atoms with Crippen LogP contribution < -0.4 is 5.14 Å². The maximum atomic E-state index is 12.1. The fraction of sp³-hybridized carbons (Fsp3) is 0. The van der Waals surface area contributed by atoms with E-state index in [9.17, 15) is 8.42 Å². The molecule has 2 heterocycles. The van der Waals surface area contributed by atoms with Crippen LogP contribution in [0.15, 0.2) is 96.2 Å². The van der Waals surface area contributed by atoms with E-state index in [1.807, 2.05) is 60.7 Å². The highest BCUT2D eigenvalue weighted by atomic mass is 35.5. The summed E-state index contributed by atoms with van der Waals surface area (Å²) in [6.45, 7) is 0. The van der Waals surface area contributed by atoms with Gasteiger partial charge in [0.05, 0.1) is 38.7 Å². The van der Waals surface area contributed by atoms with Crippen molar-refractivity contribution in [3.8, 4) is 33.9 Å². The van der Waals surface area contributed by atoms with Gasteiger partial charge in [0, 0.05) is 11.1 Å². The van der Waals surface area contributed by atoms with Gasteiger partial charge in [-0.1, -0.05) is 83.9 Å². The zero-order valence-electron chi connectivity index (χ0n) is 17.5. The van der Waals surface area contributed by atoms with Crippen LogP contribution >= 0.6 is 23.2 Å². The first-order valence-corrected chi connectivity index (χ1v) is 12.4. The van der Waals surface area contributed by atoms with Gasteiger partial charge in [0.1, 0.15) is 11.4 Å². The SMILES string of the molecule is NS(=O)(=O)c1ccc(-n2cc(Cl)c(-c3ccccc3)n2)c(-n2cc(Cl)c(-c3ccccc3)n2)c1. The van der Waals surface area contributed by atoms with E-state index in [4.69, 9.17) is 28.3 Å². The van der Waals surface area contributed by atoms with Crippen molar-refractivity contribution in [2.75, 3.05) is 0 Å². The average molecular weight is 510 g/mol. The van der Waals surface area contributed by atoms with Crippen LogP contribution in [0.4, 0.5) is 0 Å². The molecule has 0 aliphatic heterocycles. The van der Waals surface area contributed by atoms with Crippen LogP contribution in [0.3, 0.4) is 0 Å². The smallest absolute Gasteiger partial charge is 0.237 e. The maximum absolute atomic E-state index is 12.1. The van der Waals surface area contributed by atoms with E-state index in [1.54, 1.807) is 23.1 Å². The molecular formula is C24H17Cl2N5O2S. The summed E-state index contributed by atoms with van der Waals surface area (Å²) in [6, 6.07) is 23.4. The molecule has 0 bridgehead atoms. The minimum absolute atomic E-state index is 0.0688. The van der Waals surface area contributed by atoms with Gasteiger partial charge in [-0.3, -0.25) is 0 Å². The van der Waals surface area contributed by atoms with Crippen molar-refractivity contribution in [1.82, 2.24) is 19.6 Å². The van der Waals surface area contributed by atoms with Gasteiger partial charge in [0.25, 0.3) is 0 Å². The number of sulfonamides is 1. The second-order valence-electron chi connectivity index (χ2n) is 7.47. The Kier molecular flexibility index (Phi) is 5.75. The summed E-state index contributed by atoms with van der Waals surface area (Å²) in [5.41, 5.74) is 3.76. The number of hydrogen-bond acceptors (Lipinski definition) is 4. The Morgan fingerprint density at radius 2 is 1.15 bits per heavy atom. The Balaban J connectivity index is 1.69. The first-order chi connectivity index (χ1) is 16.3. The summed E-state index contributed by atoms with van der Waals surface area (Å²) >= 11 is 13.0. The first kappa shape index (κ1) is 22.4. The van der Waals surface area contributed by atoms with Crippen LogP contribution in [0.5, 0.6) is 0 Å². The van der Waals surface area contributed by atoms with Crippen molar-refractivity contribution < 1.29 is 8.42 Å². The predicted molar refractivity (Wildman–Crippen MR) is 133 cm³/mol. The number of benzene rings is 3. The largest absolute Gasteiger partial charge is 0.238 e. The van der Waals surface area contributed by atoms with Gasteiger partial charge >= 0.3 is 0 Å². The zero-order chi connectivity index (χ0) is 23.9. The fourth-order valence-corrected chi connectivity index (χ4v) is 4.61. The molecule has 2 aromatic heterocycles. The molecule has 170 valence electrons. The second kappa shape index (κ2) is 8.73. The van der Waals surface area contributed by atoms with E-state index in [2.05, 4.69) is 10.2 Å². The summed E-state index contributed by atoms with van der Waals surface area (Å²) in [6.07, 6.45) is 3.27. The Hall–Kier alpha value is -3.43. The molecule has 0 spiro atoms. The molecule has 5 rings (SSSR count). The molecule has 0 aliphatic carbocycles. The number of rotatable bonds is 5. The maximum Gasteiger partial charge on any atom is 0.238 e. The van der Waals surface area contributed by atoms with Crippen LogP contribution in [0.1, 0.15) is 0 Å². The molecule has 0 fully saturated rings. The van der Waals surface area contributed by atoms with E-state index >= 15 is 0 Å². The zero-order valence-corrected chi connectivity index (χ0v) is 19.8. The van der Waals surface area contributed by atoms with Crippen LogP contribution in [0, 0.1) is 0 Å². The molecule has 0 unspecified atom stereocenters. The third-order valence-corrected chi connectivity index (χ3v) is 6.67. The Morgan fingerprint density at radius 3 is 1.62 bits per heavy atom. The normalized spacial score (nSPS) is 11.6. The second-order valence-corrected chi connectivity index (χ2v) is 9.84. The molecule has 2 N–H and O–H groups in total. The Bertz CT molecular complexity index is 1600. The minimum atomic E-state index is -3.96. The van der Waals surface area contributed by atoms with E-state index < -0.39 is 10.0 Å². The molecule has 34 heavy (non-hydrogen) atoms. The van der Waals surface area contributed by atoms with Crippen molar-refractivity contribution in [3.63, 3.8) is 0 Å². The summed E-state index contributed by atoms with van der Waals surface area (Å²) in [4.78, 5) is -0.0688. The van der Waals surface area contributed by atoms with Crippen molar-refractivity contribution in [1.29, 1.82) is 0 Å². The molecule has 0 amide bonds. The third-order valence-electron chi connectivity index (χ3n) is 5.20. The van der Waals surface area contributed by atoms with Gasteiger partial charge in [-0.05, 0) is 18.2 Å². The predicted octanol–water partition coefficient (Wildman–Crippen LogP) is 5.35. The lowest BCUT2D eigenvalue weighted by Crippen LogP contribution is -2.14. The quantitative estimate of drug-likeness (QED) is 0.345. The lowest BCUT2D eigenvalue weighted by molar-refractivity contribution is 0.597. The molecule has 5 aromatic rings. The third kappa shape index (κ3) is 4.24. The Morgan fingerprint density at radius 1 is 0.676 bits per heavy atom. The average Bonchev–Trinajstić information content (AvgIpc) is 3.42. The summed E-state index contributed by atoms with van der Waals surface area (Å²) in [5, 5.41) is 15.5. The van der Waals surface area contributed by atoms with E-state index in [1.165, 1.54) is 16.8 Å². The van der Waals surface area contributed by atoms with Crippen molar-refractivity contribution in [2.24, 2.45) is 5.14 Å². The molecule has 3 aromatic carbocycles. The molecule has 0 saturated carbocycles. The van der Waals surface area contributed by atoms with Crippen molar-refractivity contribution >= 4 is 33.2 Å². The molecule has 0 radical (unpaired) electrons. The monoisotopic (exact) mass is 509 g/mol. The van der Waals surface area contributed by atoms with Gasteiger partial charge in [0.2, 0.25) is 10.0 Å². The van der Waals surface area contributed by atoms with Gasteiger partial charge in [0.15, 0.2) is 0 Å². The summed E-state index contributed by atoms with van der Waals surface area (Å²) < 4.78 is 27.2. The number of halogens is 2. The molecular weight excluding hydrogens is 493 g/mol. The highest BCUT2D eigenvalue weighted by Crippen LogP contribution is 2.32.